The van der Waals surface area contributed by atoms with Gasteiger partial charge in [-0.1, -0.05) is 36.4 Å². The number of nitrogens with zero attached hydrogens (tertiary/aromatic N) is 2. The standard InChI is InChI=1S/C26H24N4O4S/c1-3-34-23-13-11-21(12-14-23)30-35(32,33)24-15-22(10-9-18(24)2)29-26(31)20-16-27-25(28-17-20)19-7-5-4-6-8-19/h4-17,30H,3H2,1-2H3,(H,29,31). The normalized spacial score (nSPS) is 11.0. The highest BCUT2D eigenvalue weighted by Crippen LogP contribution is 2.24. The predicted octanol–water partition coefficient (Wildman–Crippen LogP) is 4.90. The first kappa shape index (κ1) is 23.9. The van der Waals surface area contributed by atoms with Crippen LogP contribution in [0.4, 0.5) is 11.4 Å². The molecule has 0 spiro atoms. The van der Waals surface area contributed by atoms with E-state index in [0.29, 0.717) is 35.1 Å². The van der Waals surface area contributed by atoms with Gasteiger partial charge >= 0.3 is 0 Å². The number of carbonyl (C=O) groups is 1. The van der Waals surface area contributed by atoms with Gasteiger partial charge in [-0.05, 0) is 55.8 Å². The highest BCUT2D eigenvalue weighted by molar-refractivity contribution is 7.92. The molecule has 35 heavy (non-hydrogen) atoms. The first-order valence-electron chi connectivity index (χ1n) is 10.9. The summed E-state index contributed by atoms with van der Waals surface area (Å²) in [6.07, 6.45) is 2.87. The summed E-state index contributed by atoms with van der Waals surface area (Å²) in [5, 5.41) is 2.71. The summed E-state index contributed by atoms with van der Waals surface area (Å²) in [4.78, 5) is 21.3. The molecule has 8 nitrogen and oxygen atoms in total. The number of ether oxygens (including phenoxy) is 1. The van der Waals surface area contributed by atoms with E-state index >= 15 is 0 Å². The molecular weight excluding hydrogens is 464 g/mol. The molecule has 2 N–H and O–H groups in total. The maximum Gasteiger partial charge on any atom is 0.262 e. The third-order valence-corrected chi connectivity index (χ3v) is 6.62. The van der Waals surface area contributed by atoms with Gasteiger partial charge in [-0.3, -0.25) is 9.52 Å². The van der Waals surface area contributed by atoms with Crippen LogP contribution in [0.25, 0.3) is 11.4 Å². The number of rotatable bonds is 8. The van der Waals surface area contributed by atoms with E-state index in [1.165, 1.54) is 18.5 Å². The lowest BCUT2D eigenvalue weighted by molar-refractivity contribution is 0.102. The Balaban J connectivity index is 1.50. The molecule has 0 unspecified atom stereocenters. The van der Waals surface area contributed by atoms with Crippen molar-refractivity contribution in [2.75, 3.05) is 16.6 Å². The molecule has 0 aliphatic carbocycles. The van der Waals surface area contributed by atoms with Gasteiger partial charge in [0.2, 0.25) is 0 Å². The summed E-state index contributed by atoms with van der Waals surface area (Å²) in [5.41, 5.74) is 2.37. The van der Waals surface area contributed by atoms with E-state index in [9.17, 15) is 13.2 Å². The summed E-state index contributed by atoms with van der Waals surface area (Å²) >= 11 is 0. The second-order valence-corrected chi connectivity index (χ2v) is 9.31. The minimum atomic E-state index is -3.90. The van der Waals surface area contributed by atoms with Crippen LogP contribution in [-0.2, 0) is 10.0 Å². The van der Waals surface area contributed by atoms with E-state index in [2.05, 4.69) is 20.0 Å². The average Bonchev–Trinajstić information content (AvgIpc) is 2.87. The van der Waals surface area contributed by atoms with Crippen molar-refractivity contribution in [1.29, 1.82) is 0 Å². The highest BCUT2D eigenvalue weighted by Gasteiger charge is 2.19. The van der Waals surface area contributed by atoms with Gasteiger partial charge in [-0.15, -0.1) is 0 Å². The van der Waals surface area contributed by atoms with Crippen molar-refractivity contribution in [2.24, 2.45) is 0 Å². The molecule has 0 saturated heterocycles. The van der Waals surface area contributed by atoms with Gasteiger partial charge in [0.25, 0.3) is 15.9 Å². The minimum Gasteiger partial charge on any atom is -0.494 e. The lowest BCUT2D eigenvalue weighted by Gasteiger charge is -2.13. The number of anilines is 2. The van der Waals surface area contributed by atoms with E-state index in [4.69, 9.17) is 4.74 Å². The van der Waals surface area contributed by atoms with E-state index in [1.807, 2.05) is 37.3 Å². The SMILES string of the molecule is CCOc1ccc(NS(=O)(=O)c2cc(NC(=O)c3cnc(-c4ccccc4)nc3)ccc2C)cc1. The van der Waals surface area contributed by atoms with Gasteiger partial charge < -0.3 is 10.1 Å². The summed E-state index contributed by atoms with van der Waals surface area (Å²) in [6.45, 7) is 4.08. The third-order valence-electron chi connectivity index (χ3n) is 5.10. The number of aryl methyl sites for hydroxylation is 1. The fourth-order valence-electron chi connectivity index (χ4n) is 3.35. The number of hydrogen-bond acceptors (Lipinski definition) is 6. The summed E-state index contributed by atoms with van der Waals surface area (Å²) < 4.78 is 34.0. The molecule has 0 aliphatic heterocycles. The topological polar surface area (TPSA) is 110 Å². The number of aromatic nitrogens is 2. The fraction of sp³-hybridized carbons (Fsp3) is 0.115. The number of hydrogen-bond donors (Lipinski definition) is 2. The summed E-state index contributed by atoms with van der Waals surface area (Å²) in [7, 11) is -3.90. The zero-order valence-electron chi connectivity index (χ0n) is 19.2. The quantitative estimate of drug-likeness (QED) is 0.365. The Morgan fingerprint density at radius 1 is 0.914 bits per heavy atom. The van der Waals surface area contributed by atoms with Crippen LogP contribution in [0.5, 0.6) is 5.75 Å². The maximum absolute atomic E-state index is 13.0. The third kappa shape index (κ3) is 5.82. The molecule has 0 saturated carbocycles. The van der Waals surface area contributed by atoms with Gasteiger partial charge in [-0.2, -0.15) is 0 Å². The molecule has 1 aromatic heterocycles. The zero-order chi connectivity index (χ0) is 24.8. The molecule has 3 aromatic carbocycles. The largest absolute Gasteiger partial charge is 0.494 e. The van der Waals surface area contributed by atoms with Crippen LogP contribution in [0.15, 0.2) is 90.1 Å². The maximum atomic E-state index is 13.0. The Bertz CT molecular complexity index is 1420. The predicted molar refractivity (Wildman–Crippen MR) is 135 cm³/mol. The molecule has 0 fully saturated rings. The number of sulfonamides is 1. The average molecular weight is 489 g/mol. The Labute approximate surface area is 204 Å². The van der Waals surface area contributed by atoms with Gasteiger partial charge in [0, 0.05) is 29.3 Å². The number of nitrogens with one attached hydrogen (secondary N) is 2. The van der Waals surface area contributed by atoms with Crippen LogP contribution in [0.3, 0.4) is 0 Å². The van der Waals surface area contributed by atoms with Crippen LogP contribution in [-0.4, -0.2) is 30.9 Å². The molecule has 1 heterocycles. The molecule has 0 atom stereocenters. The van der Waals surface area contributed by atoms with Crippen molar-refractivity contribution in [3.8, 4) is 17.1 Å². The molecule has 9 heteroatoms. The summed E-state index contributed by atoms with van der Waals surface area (Å²) in [5.74, 6) is 0.708. The first-order valence-corrected chi connectivity index (χ1v) is 12.4. The first-order chi connectivity index (χ1) is 16.9. The van der Waals surface area contributed by atoms with Gasteiger partial charge in [-0.25, -0.2) is 18.4 Å². The molecule has 4 aromatic rings. The second kappa shape index (κ2) is 10.4. The number of amides is 1. The fourth-order valence-corrected chi connectivity index (χ4v) is 4.68. The Hall–Kier alpha value is -4.24. The number of carbonyl (C=O) groups excluding carboxylic acids is 1. The van der Waals surface area contributed by atoms with Crippen molar-refractivity contribution >= 4 is 27.3 Å². The second-order valence-electron chi connectivity index (χ2n) is 7.66. The Morgan fingerprint density at radius 3 is 2.23 bits per heavy atom. The van der Waals surface area contributed by atoms with E-state index < -0.39 is 15.9 Å². The lowest BCUT2D eigenvalue weighted by Crippen LogP contribution is -2.16. The monoisotopic (exact) mass is 488 g/mol. The van der Waals surface area contributed by atoms with Crippen LogP contribution >= 0.6 is 0 Å². The minimum absolute atomic E-state index is 0.0554. The van der Waals surface area contributed by atoms with Crippen LogP contribution in [0.2, 0.25) is 0 Å². The van der Waals surface area contributed by atoms with Crippen LogP contribution in [0.1, 0.15) is 22.8 Å². The van der Waals surface area contributed by atoms with Crippen LogP contribution < -0.4 is 14.8 Å². The molecule has 0 aliphatic rings. The van der Waals surface area contributed by atoms with Gasteiger partial charge in [0.05, 0.1) is 17.1 Å². The molecule has 1 amide bonds. The Kier molecular flexibility index (Phi) is 7.07. The Morgan fingerprint density at radius 2 is 1.57 bits per heavy atom. The summed E-state index contributed by atoms with van der Waals surface area (Å²) in [6, 6.07) is 20.8. The van der Waals surface area contributed by atoms with Crippen molar-refractivity contribution in [1.82, 2.24) is 9.97 Å². The van der Waals surface area contributed by atoms with Crippen molar-refractivity contribution < 1.29 is 17.9 Å². The van der Waals surface area contributed by atoms with E-state index in [-0.39, 0.29) is 10.5 Å². The zero-order valence-corrected chi connectivity index (χ0v) is 20.0. The lowest BCUT2D eigenvalue weighted by atomic mass is 10.2. The van der Waals surface area contributed by atoms with Crippen molar-refractivity contribution in [3.63, 3.8) is 0 Å². The molecule has 0 radical (unpaired) electrons. The molecule has 178 valence electrons. The number of benzene rings is 3. The molecule has 0 bridgehead atoms. The van der Waals surface area contributed by atoms with E-state index in [1.54, 1.807) is 43.3 Å². The molecular formula is C26H24N4O4S. The van der Waals surface area contributed by atoms with Crippen LogP contribution in [0, 0.1) is 6.92 Å². The van der Waals surface area contributed by atoms with Crippen molar-refractivity contribution in [2.45, 2.75) is 18.7 Å². The highest BCUT2D eigenvalue weighted by atomic mass is 32.2. The van der Waals surface area contributed by atoms with Gasteiger partial charge in [0.15, 0.2) is 5.82 Å². The molecule has 4 rings (SSSR count). The van der Waals surface area contributed by atoms with Crippen molar-refractivity contribution in [3.05, 3.63) is 96.3 Å². The van der Waals surface area contributed by atoms with E-state index in [0.717, 1.165) is 5.56 Å². The van der Waals surface area contributed by atoms with Gasteiger partial charge in [0.1, 0.15) is 5.75 Å². The smallest absolute Gasteiger partial charge is 0.262 e.